The van der Waals surface area contributed by atoms with E-state index in [1.165, 1.54) is 11.1 Å². The molecule has 130 valence electrons. The van der Waals surface area contributed by atoms with Gasteiger partial charge in [-0.1, -0.05) is 24.3 Å². The number of nitrogens with one attached hydrogen (secondary N) is 2. The Bertz CT molecular complexity index is 594. The van der Waals surface area contributed by atoms with Crippen LogP contribution in [-0.2, 0) is 27.3 Å². The van der Waals surface area contributed by atoms with Crippen LogP contribution in [0.4, 0.5) is 0 Å². The van der Waals surface area contributed by atoms with Crippen molar-refractivity contribution in [1.82, 2.24) is 10.6 Å². The first kappa shape index (κ1) is 17.0. The summed E-state index contributed by atoms with van der Waals surface area (Å²) in [6.07, 6.45) is 4.02. The first-order chi connectivity index (χ1) is 11.7. The maximum Gasteiger partial charge on any atom is 0.308 e. The van der Waals surface area contributed by atoms with E-state index in [2.05, 4.69) is 22.8 Å². The maximum atomic E-state index is 12.5. The van der Waals surface area contributed by atoms with Crippen LogP contribution < -0.4 is 10.6 Å². The lowest BCUT2D eigenvalue weighted by Gasteiger charge is -2.31. The smallest absolute Gasteiger partial charge is 0.308 e. The van der Waals surface area contributed by atoms with Crippen LogP contribution in [0.25, 0.3) is 0 Å². The topological polar surface area (TPSA) is 67.4 Å². The third kappa shape index (κ3) is 3.96. The quantitative estimate of drug-likeness (QED) is 0.828. The highest BCUT2D eigenvalue weighted by molar-refractivity contribution is 5.82. The van der Waals surface area contributed by atoms with E-state index in [0.717, 1.165) is 38.6 Å². The molecule has 1 aliphatic carbocycles. The summed E-state index contributed by atoms with van der Waals surface area (Å²) in [7, 11) is 0. The van der Waals surface area contributed by atoms with E-state index >= 15 is 0 Å². The molecule has 0 radical (unpaired) electrons. The first-order valence-electron chi connectivity index (χ1n) is 8.94. The lowest BCUT2D eigenvalue weighted by Crippen LogP contribution is -2.51. The number of hydrogen-bond donors (Lipinski definition) is 2. The fourth-order valence-electron chi connectivity index (χ4n) is 3.68. The highest BCUT2D eigenvalue weighted by Crippen LogP contribution is 2.25. The zero-order chi connectivity index (χ0) is 16.9. The summed E-state index contributed by atoms with van der Waals surface area (Å²) >= 11 is 0. The largest absolute Gasteiger partial charge is 0.466 e. The number of carbonyl (C=O) groups is 2. The van der Waals surface area contributed by atoms with Gasteiger partial charge in [0.05, 0.1) is 18.6 Å². The molecule has 1 atom stereocenters. The molecule has 1 saturated carbocycles. The number of benzene rings is 1. The van der Waals surface area contributed by atoms with E-state index in [0.29, 0.717) is 6.61 Å². The van der Waals surface area contributed by atoms with Crippen LogP contribution in [0.5, 0.6) is 0 Å². The number of hydrogen-bond acceptors (Lipinski definition) is 4. The van der Waals surface area contributed by atoms with Crippen molar-refractivity contribution in [1.29, 1.82) is 0 Å². The summed E-state index contributed by atoms with van der Waals surface area (Å²) in [5.41, 5.74) is 2.53. The molecule has 24 heavy (non-hydrogen) atoms. The van der Waals surface area contributed by atoms with Gasteiger partial charge in [-0.3, -0.25) is 9.59 Å². The second kappa shape index (κ2) is 7.79. The summed E-state index contributed by atoms with van der Waals surface area (Å²) in [4.78, 5) is 24.3. The van der Waals surface area contributed by atoms with Crippen molar-refractivity contribution >= 4 is 11.9 Å². The lowest BCUT2D eigenvalue weighted by molar-refractivity contribution is -0.149. The zero-order valence-corrected chi connectivity index (χ0v) is 14.2. The van der Waals surface area contributed by atoms with Gasteiger partial charge in [0, 0.05) is 12.6 Å². The van der Waals surface area contributed by atoms with Gasteiger partial charge in [0.25, 0.3) is 0 Å². The van der Waals surface area contributed by atoms with Gasteiger partial charge < -0.3 is 15.4 Å². The van der Waals surface area contributed by atoms with Gasteiger partial charge in [0.2, 0.25) is 5.91 Å². The van der Waals surface area contributed by atoms with E-state index in [1.54, 1.807) is 0 Å². The summed E-state index contributed by atoms with van der Waals surface area (Å²) < 4.78 is 5.09. The van der Waals surface area contributed by atoms with Crippen molar-refractivity contribution in [2.75, 3.05) is 6.61 Å². The van der Waals surface area contributed by atoms with Crippen LogP contribution in [0, 0.1) is 5.92 Å². The van der Waals surface area contributed by atoms with Crippen molar-refractivity contribution in [2.24, 2.45) is 5.92 Å². The summed E-state index contributed by atoms with van der Waals surface area (Å²) in [6, 6.07) is 8.26. The van der Waals surface area contributed by atoms with Crippen LogP contribution in [-0.4, -0.2) is 30.6 Å². The molecule has 0 aromatic heterocycles. The number of esters is 1. The Labute approximate surface area is 143 Å². The molecule has 2 aliphatic rings. The van der Waals surface area contributed by atoms with E-state index in [1.807, 2.05) is 19.1 Å². The number of ether oxygens (including phenoxy) is 1. The molecule has 1 amide bonds. The first-order valence-corrected chi connectivity index (χ1v) is 8.94. The Kier molecular flexibility index (Phi) is 5.51. The van der Waals surface area contributed by atoms with Crippen molar-refractivity contribution in [3.05, 3.63) is 35.4 Å². The molecule has 1 unspecified atom stereocenters. The van der Waals surface area contributed by atoms with E-state index in [-0.39, 0.29) is 29.9 Å². The van der Waals surface area contributed by atoms with E-state index < -0.39 is 0 Å². The van der Waals surface area contributed by atoms with Gasteiger partial charge in [-0.05, 0) is 50.2 Å². The van der Waals surface area contributed by atoms with Crippen LogP contribution >= 0.6 is 0 Å². The predicted octanol–water partition coefficient (Wildman–Crippen LogP) is 1.94. The standard InChI is InChI=1S/C19H26N2O3/c1-2-24-19(23)13-7-9-16(10-8-13)21-18(22)17-11-14-5-3-4-6-15(14)12-20-17/h3-6,13,16-17,20H,2,7-12H2,1H3,(H,21,22). The van der Waals surface area contributed by atoms with Gasteiger partial charge in [-0.25, -0.2) is 0 Å². The normalized spacial score (nSPS) is 26.3. The molecule has 5 heteroatoms. The summed E-state index contributed by atoms with van der Waals surface area (Å²) in [5, 5.41) is 6.48. The maximum absolute atomic E-state index is 12.5. The Morgan fingerprint density at radius 1 is 1.17 bits per heavy atom. The lowest BCUT2D eigenvalue weighted by atomic mass is 9.85. The van der Waals surface area contributed by atoms with Crippen molar-refractivity contribution in [3.63, 3.8) is 0 Å². The van der Waals surface area contributed by atoms with E-state index in [9.17, 15) is 9.59 Å². The molecular weight excluding hydrogens is 304 g/mol. The highest BCUT2D eigenvalue weighted by atomic mass is 16.5. The molecule has 0 spiro atoms. The molecule has 1 aliphatic heterocycles. The van der Waals surface area contributed by atoms with Crippen molar-refractivity contribution in [3.8, 4) is 0 Å². The molecule has 1 aromatic carbocycles. The van der Waals surface area contributed by atoms with Gasteiger partial charge in [-0.2, -0.15) is 0 Å². The molecule has 2 N–H and O–H groups in total. The Morgan fingerprint density at radius 3 is 2.58 bits per heavy atom. The molecule has 1 aromatic rings. The molecular formula is C19H26N2O3. The van der Waals surface area contributed by atoms with Gasteiger partial charge >= 0.3 is 5.97 Å². The number of rotatable bonds is 4. The minimum absolute atomic E-state index is 0.00205. The number of fused-ring (bicyclic) bond motifs is 1. The van der Waals surface area contributed by atoms with Crippen LogP contribution in [0.3, 0.4) is 0 Å². The average molecular weight is 330 g/mol. The third-order valence-corrected chi connectivity index (χ3v) is 5.09. The van der Waals surface area contributed by atoms with Crippen LogP contribution in [0.1, 0.15) is 43.7 Å². The number of amides is 1. The Balaban J connectivity index is 1.48. The van der Waals surface area contributed by atoms with E-state index in [4.69, 9.17) is 4.74 Å². The van der Waals surface area contributed by atoms with Crippen molar-refractivity contribution in [2.45, 2.75) is 57.7 Å². The second-order valence-corrected chi connectivity index (χ2v) is 6.72. The molecule has 5 nitrogen and oxygen atoms in total. The summed E-state index contributed by atoms with van der Waals surface area (Å²) in [6.45, 7) is 3.01. The van der Waals surface area contributed by atoms with Crippen LogP contribution in [0.2, 0.25) is 0 Å². The van der Waals surface area contributed by atoms with Crippen molar-refractivity contribution < 1.29 is 14.3 Å². The fraction of sp³-hybridized carbons (Fsp3) is 0.579. The van der Waals surface area contributed by atoms with Gasteiger partial charge in [0.15, 0.2) is 0 Å². The second-order valence-electron chi connectivity index (χ2n) is 6.72. The molecule has 0 bridgehead atoms. The monoisotopic (exact) mass is 330 g/mol. The fourth-order valence-corrected chi connectivity index (χ4v) is 3.68. The molecule has 1 heterocycles. The predicted molar refractivity (Wildman–Crippen MR) is 91.3 cm³/mol. The number of carbonyl (C=O) groups excluding carboxylic acids is 2. The SMILES string of the molecule is CCOC(=O)C1CCC(NC(=O)C2Cc3ccccc3CN2)CC1. The van der Waals surface area contributed by atoms with Gasteiger partial charge in [0.1, 0.15) is 0 Å². The zero-order valence-electron chi connectivity index (χ0n) is 14.2. The molecule has 0 saturated heterocycles. The Hall–Kier alpha value is -1.88. The third-order valence-electron chi connectivity index (χ3n) is 5.09. The van der Waals surface area contributed by atoms with Gasteiger partial charge in [-0.15, -0.1) is 0 Å². The minimum atomic E-state index is -0.164. The Morgan fingerprint density at radius 2 is 1.88 bits per heavy atom. The molecule has 3 rings (SSSR count). The minimum Gasteiger partial charge on any atom is -0.466 e. The highest BCUT2D eigenvalue weighted by Gasteiger charge is 2.30. The molecule has 1 fully saturated rings. The average Bonchev–Trinajstić information content (AvgIpc) is 2.62. The summed E-state index contributed by atoms with van der Waals surface area (Å²) in [5.74, 6) is -0.0188. The van der Waals surface area contributed by atoms with Crippen LogP contribution in [0.15, 0.2) is 24.3 Å².